The second-order valence-electron chi connectivity index (χ2n) is 5.20. The van der Waals surface area contributed by atoms with Gasteiger partial charge in [0.05, 0.1) is 13.0 Å². The molecule has 2 amide bonds. The van der Waals surface area contributed by atoms with Gasteiger partial charge in [0.25, 0.3) is 0 Å². The monoisotopic (exact) mass is 332 g/mol. The van der Waals surface area contributed by atoms with E-state index in [1.165, 1.54) is 4.90 Å². The summed E-state index contributed by atoms with van der Waals surface area (Å²) < 4.78 is 9.88. The number of benzene rings is 1. The molecule has 0 bridgehead atoms. The van der Waals surface area contributed by atoms with E-state index in [9.17, 15) is 9.59 Å². The molecule has 1 N–H and O–H groups in total. The second-order valence-corrected chi connectivity index (χ2v) is 5.20. The van der Waals surface area contributed by atoms with Gasteiger partial charge in [-0.25, -0.2) is 4.79 Å². The van der Waals surface area contributed by atoms with Crippen molar-refractivity contribution >= 4 is 17.7 Å². The van der Waals surface area contributed by atoms with Crippen LogP contribution in [0.4, 0.5) is 10.5 Å². The van der Waals surface area contributed by atoms with Crippen molar-refractivity contribution in [2.45, 2.75) is 26.8 Å². The SMILES string of the molecule is CCOC(=O)Cc1ccc(NC(=O)N(C)Cc2nc(C)no2)cc1. The van der Waals surface area contributed by atoms with Crippen LogP contribution in [0.2, 0.25) is 0 Å². The van der Waals surface area contributed by atoms with Crippen LogP contribution in [0.25, 0.3) is 0 Å². The third-order valence-electron chi connectivity index (χ3n) is 3.15. The first-order chi connectivity index (χ1) is 11.5. The van der Waals surface area contributed by atoms with E-state index >= 15 is 0 Å². The van der Waals surface area contributed by atoms with E-state index in [2.05, 4.69) is 15.5 Å². The molecule has 8 heteroatoms. The number of rotatable bonds is 6. The summed E-state index contributed by atoms with van der Waals surface area (Å²) in [5.41, 5.74) is 1.45. The van der Waals surface area contributed by atoms with Gasteiger partial charge in [0, 0.05) is 12.7 Å². The van der Waals surface area contributed by atoms with E-state index in [1.807, 2.05) is 0 Å². The van der Waals surface area contributed by atoms with Crippen molar-refractivity contribution in [3.05, 3.63) is 41.5 Å². The first kappa shape index (κ1) is 17.5. The maximum Gasteiger partial charge on any atom is 0.322 e. The lowest BCUT2D eigenvalue weighted by atomic mass is 10.1. The Bertz CT molecular complexity index is 696. The molecule has 0 atom stereocenters. The van der Waals surface area contributed by atoms with E-state index in [-0.39, 0.29) is 25.0 Å². The zero-order valence-corrected chi connectivity index (χ0v) is 13.9. The molecule has 8 nitrogen and oxygen atoms in total. The lowest BCUT2D eigenvalue weighted by Gasteiger charge is -2.16. The van der Waals surface area contributed by atoms with Crippen LogP contribution in [0.3, 0.4) is 0 Å². The highest BCUT2D eigenvalue weighted by molar-refractivity contribution is 5.89. The largest absolute Gasteiger partial charge is 0.466 e. The van der Waals surface area contributed by atoms with Gasteiger partial charge in [-0.1, -0.05) is 17.3 Å². The molecule has 0 spiro atoms. The number of carbonyl (C=O) groups excluding carboxylic acids is 2. The Morgan fingerprint density at radius 3 is 2.58 bits per heavy atom. The van der Waals surface area contributed by atoms with Gasteiger partial charge in [0.1, 0.15) is 6.54 Å². The summed E-state index contributed by atoms with van der Waals surface area (Å²) in [7, 11) is 1.63. The third kappa shape index (κ3) is 5.08. The van der Waals surface area contributed by atoms with E-state index < -0.39 is 0 Å². The standard InChI is InChI=1S/C16H20N4O4/c1-4-23-15(21)9-12-5-7-13(8-6-12)18-16(22)20(3)10-14-17-11(2)19-24-14/h5-8H,4,9-10H2,1-3H3,(H,18,22). The number of aryl methyl sites for hydroxylation is 1. The van der Waals surface area contributed by atoms with E-state index in [0.717, 1.165) is 5.56 Å². The topological polar surface area (TPSA) is 97.6 Å². The van der Waals surface area contributed by atoms with Crippen LogP contribution >= 0.6 is 0 Å². The molecule has 0 aliphatic carbocycles. The Labute approximate surface area is 139 Å². The minimum absolute atomic E-state index is 0.207. The Balaban J connectivity index is 1.88. The average Bonchev–Trinajstić information content (AvgIpc) is 2.94. The fourth-order valence-corrected chi connectivity index (χ4v) is 1.98. The molecule has 0 radical (unpaired) electrons. The number of hydrogen-bond acceptors (Lipinski definition) is 6. The van der Waals surface area contributed by atoms with Crippen LogP contribution in [-0.2, 0) is 22.5 Å². The molecule has 0 saturated carbocycles. The molecule has 0 aliphatic rings. The number of carbonyl (C=O) groups is 2. The van der Waals surface area contributed by atoms with E-state index in [1.54, 1.807) is 45.2 Å². The minimum atomic E-state index is -0.302. The number of aromatic nitrogens is 2. The highest BCUT2D eigenvalue weighted by atomic mass is 16.5. The number of ether oxygens (including phenoxy) is 1. The van der Waals surface area contributed by atoms with Crippen LogP contribution in [0.5, 0.6) is 0 Å². The summed E-state index contributed by atoms with van der Waals surface area (Å²) in [4.78, 5) is 29.0. The zero-order valence-electron chi connectivity index (χ0n) is 13.9. The highest BCUT2D eigenvalue weighted by Gasteiger charge is 2.13. The Morgan fingerprint density at radius 2 is 2.00 bits per heavy atom. The number of nitrogens with zero attached hydrogens (tertiary/aromatic N) is 3. The molecule has 1 heterocycles. The zero-order chi connectivity index (χ0) is 17.5. The number of anilines is 1. The second kappa shape index (κ2) is 8.09. The summed E-state index contributed by atoms with van der Waals surface area (Å²) in [6, 6.07) is 6.71. The molecule has 0 unspecified atom stereocenters. The van der Waals surface area contributed by atoms with Crippen molar-refractivity contribution in [1.82, 2.24) is 15.0 Å². The molecule has 0 aliphatic heterocycles. The molecule has 24 heavy (non-hydrogen) atoms. The molecular formula is C16H20N4O4. The molecular weight excluding hydrogens is 312 g/mol. The fraction of sp³-hybridized carbons (Fsp3) is 0.375. The lowest BCUT2D eigenvalue weighted by molar-refractivity contribution is -0.142. The van der Waals surface area contributed by atoms with Crippen LogP contribution in [-0.4, -0.2) is 40.7 Å². The van der Waals surface area contributed by atoms with E-state index in [0.29, 0.717) is 24.0 Å². The number of esters is 1. The third-order valence-corrected chi connectivity index (χ3v) is 3.15. The average molecular weight is 332 g/mol. The highest BCUT2D eigenvalue weighted by Crippen LogP contribution is 2.12. The lowest BCUT2D eigenvalue weighted by Crippen LogP contribution is -2.30. The van der Waals surface area contributed by atoms with E-state index in [4.69, 9.17) is 9.26 Å². The molecule has 2 aromatic rings. The van der Waals surface area contributed by atoms with Gasteiger partial charge in [0.15, 0.2) is 5.82 Å². The van der Waals surface area contributed by atoms with Crippen LogP contribution in [0.15, 0.2) is 28.8 Å². The predicted molar refractivity (Wildman–Crippen MR) is 86.3 cm³/mol. The predicted octanol–water partition coefficient (Wildman–Crippen LogP) is 2.15. The molecule has 0 fully saturated rings. The van der Waals surface area contributed by atoms with Crippen molar-refractivity contribution in [1.29, 1.82) is 0 Å². The van der Waals surface area contributed by atoms with Crippen LogP contribution in [0.1, 0.15) is 24.2 Å². The number of hydrogen-bond donors (Lipinski definition) is 1. The summed E-state index contributed by atoms with van der Waals surface area (Å²) in [5.74, 6) is 0.620. The quantitative estimate of drug-likeness (QED) is 0.814. The van der Waals surface area contributed by atoms with Gasteiger partial charge in [-0.05, 0) is 31.5 Å². The van der Waals surface area contributed by atoms with Gasteiger partial charge in [0.2, 0.25) is 5.89 Å². The number of nitrogens with one attached hydrogen (secondary N) is 1. The summed E-state index contributed by atoms with van der Waals surface area (Å²) in [6.45, 7) is 4.06. The van der Waals surface area contributed by atoms with Crippen molar-refractivity contribution < 1.29 is 18.8 Å². The van der Waals surface area contributed by atoms with Crippen LogP contribution < -0.4 is 5.32 Å². The van der Waals surface area contributed by atoms with Crippen molar-refractivity contribution in [2.75, 3.05) is 19.0 Å². The summed E-state index contributed by atoms with van der Waals surface area (Å²) in [6.07, 6.45) is 0.207. The number of amides is 2. The Hall–Kier alpha value is -2.90. The molecule has 2 rings (SSSR count). The summed E-state index contributed by atoms with van der Waals surface area (Å²) >= 11 is 0. The maximum absolute atomic E-state index is 12.1. The van der Waals surface area contributed by atoms with Gasteiger partial charge in [-0.2, -0.15) is 4.98 Å². The van der Waals surface area contributed by atoms with Gasteiger partial charge < -0.3 is 19.5 Å². The van der Waals surface area contributed by atoms with Crippen molar-refractivity contribution in [3.8, 4) is 0 Å². The molecule has 0 saturated heterocycles. The van der Waals surface area contributed by atoms with Gasteiger partial charge >= 0.3 is 12.0 Å². The van der Waals surface area contributed by atoms with Gasteiger partial charge in [-0.15, -0.1) is 0 Å². The smallest absolute Gasteiger partial charge is 0.322 e. The number of urea groups is 1. The van der Waals surface area contributed by atoms with Crippen LogP contribution in [0, 0.1) is 6.92 Å². The Kier molecular flexibility index (Phi) is 5.89. The minimum Gasteiger partial charge on any atom is -0.466 e. The van der Waals surface area contributed by atoms with Crippen molar-refractivity contribution in [3.63, 3.8) is 0 Å². The molecule has 1 aromatic carbocycles. The first-order valence-corrected chi connectivity index (χ1v) is 7.53. The normalized spacial score (nSPS) is 10.3. The first-order valence-electron chi connectivity index (χ1n) is 7.53. The summed E-state index contributed by atoms with van der Waals surface area (Å²) in [5, 5.41) is 6.43. The maximum atomic E-state index is 12.1. The Morgan fingerprint density at radius 1 is 1.29 bits per heavy atom. The van der Waals surface area contributed by atoms with Gasteiger partial charge in [-0.3, -0.25) is 4.79 Å². The van der Waals surface area contributed by atoms with Crippen molar-refractivity contribution in [2.24, 2.45) is 0 Å². The fourth-order valence-electron chi connectivity index (χ4n) is 1.98. The molecule has 128 valence electrons. The molecule has 1 aromatic heterocycles.